The molecule has 0 spiro atoms. The minimum Gasteiger partial charge on any atom is -0.456 e. The molecule has 1 aromatic carbocycles. The molecule has 3 rings (SSSR count). The van der Waals surface area contributed by atoms with Gasteiger partial charge < -0.3 is 4.74 Å². The quantitative estimate of drug-likeness (QED) is 0.576. The van der Waals surface area contributed by atoms with E-state index in [4.69, 9.17) is 16.3 Å². The molecule has 0 fully saturated rings. The Morgan fingerprint density at radius 3 is 2.56 bits per heavy atom. The number of carbonyl (C=O) groups excluding carboxylic acids is 1. The lowest BCUT2D eigenvalue weighted by Crippen LogP contribution is -2.11. The number of carbonyl (C=O) groups is 1. The summed E-state index contributed by atoms with van der Waals surface area (Å²) in [6.45, 7) is 3.96. The van der Waals surface area contributed by atoms with Gasteiger partial charge in [0.15, 0.2) is 11.5 Å². The summed E-state index contributed by atoms with van der Waals surface area (Å²) in [6.07, 6.45) is 0. The summed E-state index contributed by atoms with van der Waals surface area (Å²) in [6, 6.07) is 12.8. The van der Waals surface area contributed by atoms with Crippen LogP contribution in [0, 0.1) is 13.8 Å². The molecule has 0 bridgehead atoms. The number of pyridine rings is 1. The van der Waals surface area contributed by atoms with E-state index in [1.54, 1.807) is 16.8 Å². The predicted molar refractivity (Wildman–Crippen MR) is 99.1 cm³/mol. The van der Waals surface area contributed by atoms with Crippen molar-refractivity contribution < 1.29 is 9.53 Å². The summed E-state index contributed by atoms with van der Waals surface area (Å²) in [7, 11) is 0. The normalized spacial score (nSPS) is 10.7. The summed E-state index contributed by atoms with van der Waals surface area (Å²) in [4.78, 5) is 16.7. The van der Waals surface area contributed by atoms with Crippen molar-refractivity contribution in [2.45, 2.75) is 20.5 Å². The van der Waals surface area contributed by atoms with E-state index >= 15 is 0 Å². The molecule has 0 aliphatic rings. The van der Waals surface area contributed by atoms with Gasteiger partial charge in [0, 0.05) is 10.2 Å². The average Bonchev–Trinajstić information content (AvgIpc) is 2.93. The van der Waals surface area contributed by atoms with Gasteiger partial charge in [0.05, 0.1) is 10.7 Å². The number of hydrogen-bond donors (Lipinski definition) is 0. The largest absolute Gasteiger partial charge is 0.456 e. The van der Waals surface area contributed by atoms with E-state index < -0.39 is 5.97 Å². The minimum absolute atomic E-state index is 0.0730. The molecule has 0 amide bonds. The molecule has 3 aromatic rings. The van der Waals surface area contributed by atoms with E-state index in [-0.39, 0.29) is 17.3 Å². The summed E-state index contributed by atoms with van der Waals surface area (Å²) in [5, 5.41) is 4.61. The fourth-order valence-electron chi connectivity index (χ4n) is 2.35. The van der Waals surface area contributed by atoms with Gasteiger partial charge >= 0.3 is 5.97 Å². The monoisotopic (exact) mass is 419 g/mol. The zero-order valence-corrected chi connectivity index (χ0v) is 16.0. The number of hydrogen-bond acceptors (Lipinski definition) is 4. The maximum absolute atomic E-state index is 12.4. The third kappa shape index (κ3) is 4.08. The molecule has 0 saturated carbocycles. The Balaban J connectivity index is 1.81. The van der Waals surface area contributed by atoms with Crippen LogP contribution in [0.4, 0.5) is 0 Å². The smallest absolute Gasteiger partial charge is 0.358 e. The van der Waals surface area contributed by atoms with Crippen LogP contribution < -0.4 is 0 Å². The Kier molecular flexibility index (Phi) is 5.20. The number of aryl methyl sites for hydroxylation is 2. The number of benzene rings is 1. The van der Waals surface area contributed by atoms with Gasteiger partial charge in [-0.3, -0.25) is 0 Å². The van der Waals surface area contributed by atoms with Crippen LogP contribution in [0.15, 0.2) is 46.9 Å². The van der Waals surface area contributed by atoms with Gasteiger partial charge in [-0.2, -0.15) is 5.10 Å². The summed E-state index contributed by atoms with van der Waals surface area (Å²) in [5.74, 6) is -0.0538. The molecule has 5 nitrogen and oxygen atoms in total. The van der Waals surface area contributed by atoms with E-state index in [2.05, 4.69) is 26.0 Å². The van der Waals surface area contributed by atoms with Crippen LogP contribution in [-0.4, -0.2) is 20.7 Å². The molecule has 0 unspecified atom stereocenters. The Morgan fingerprint density at radius 1 is 1.20 bits per heavy atom. The van der Waals surface area contributed by atoms with Gasteiger partial charge in [-0.15, -0.1) is 0 Å². The van der Waals surface area contributed by atoms with Crippen molar-refractivity contribution >= 4 is 33.5 Å². The number of aromatic nitrogens is 3. The lowest BCUT2D eigenvalue weighted by molar-refractivity contribution is 0.0466. The first-order valence-corrected chi connectivity index (χ1v) is 8.73. The molecule has 128 valence electrons. The maximum atomic E-state index is 12.4. The summed E-state index contributed by atoms with van der Waals surface area (Å²) in [5.41, 5.74) is 2.74. The summed E-state index contributed by atoms with van der Waals surface area (Å²) < 4.78 is 7.96. The molecule has 0 atom stereocenters. The van der Waals surface area contributed by atoms with Crippen molar-refractivity contribution in [2.24, 2.45) is 0 Å². The fraction of sp³-hybridized carbons (Fsp3) is 0.167. The number of ether oxygens (including phenoxy) is 1. The number of halogens is 2. The van der Waals surface area contributed by atoms with Crippen molar-refractivity contribution in [3.63, 3.8) is 0 Å². The molecular weight excluding hydrogens is 406 g/mol. The van der Waals surface area contributed by atoms with Crippen LogP contribution in [0.1, 0.15) is 27.4 Å². The minimum atomic E-state index is -0.573. The first kappa shape index (κ1) is 17.6. The standard InChI is InChI=1S/C18H15BrClN3O2/c1-11-9-12(2)23(22-11)16-8-7-15(20)17(21-16)18(24)25-10-13-3-5-14(19)6-4-13/h3-9H,10H2,1-2H3. The maximum Gasteiger partial charge on any atom is 0.358 e. The second kappa shape index (κ2) is 7.37. The zero-order chi connectivity index (χ0) is 18.0. The number of esters is 1. The van der Waals surface area contributed by atoms with Crippen LogP contribution in [-0.2, 0) is 11.3 Å². The van der Waals surface area contributed by atoms with Crippen molar-refractivity contribution in [1.82, 2.24) is 14.8 Å². The van der Waals surface area contributed by atoms with E-state index in [9.17, 15) is 4.79 Å². The predicted octanol–water partition coefficient (Wildman–Crippen LogP) is 4.66. The molecule has 0 radical (unpaired) electrons. The molecular formula is C18H15BrClN3O2. The second-order valence-electron chi connectivity index (χ2n) is 5.54. The van der Waals surface area contributed by atoms with Crippen LogP contribution in [0.5, 0.6) is 0 Å². The van der Waals surface area contributed by atoms with Gasteiger partial charge in [-0.1, -0.05) is 39.7 Å². The number of nitrogens with zero attached hydrogens (tertiary/aromatic N) is 3. The molecule has 0 saturated heterocycles. The Bertz CT molecular complexity index is 923. The highest BCUT2D eigenvalue weighted by molar-refractivity contribution is 9.10. The van der Waals surface area contributed by atoms with Crippen LogP contribution in [0.25, 0.3) is 5.82 Å². The fourth-order valence-corrected chi connectivity index (χ4v) is 2.80. The lowest BCUT2D eigenvalue weighted by Gasteiger charge is -2.09. The van der Waals surface area contributed by atoms with Crippen molar-refractivity contribution in [3.8, 4) is 5.82 Å². The number of rotatable bonds is 4. The molecule has 0 aliphatic heterocycles. The van der Waals surface area contributed by atoms with E-state index in [1.165, 1.54) is 0 Å². The highest BCUT2D eigenvalue weighted by atomic mass is 79.9. The molecule has 7 heteroatoms. The highest BCUT2D eigenvalue weighted by Gasteiger charge is 2.16. The third-order valence-electron chi connectivity index (χ3n) is 3.53. The van der Waals surface area contributed by atoms with Gasteiger partial charge in [0.1, 0.15) is 6.61 Å². The van der Waals surface area contributed by atoms with Crippen LogP contribution in [0.2, 0.25) is 5.02 Å². The van der Waals surface area contributed by atoms with Gasteiger partial charge in [-0.05, 0) is 49.7 Å². The Hall–Kier alpha value is -2.18. The highest BCUT2D eigenvalue weighted by Crippen LogP contribution is 2.19. The molecule has 2 aromatic heterocycles. The second-order valence-corrected chi connectivity index (χ2v) is 6.86. The molecule has 0 N–H and O–H groups in total. The Labute approximate surface area is 158 Å². The molecule has 0 aliphatic carbocycles. The SMILES string of the molecule is Cc1cc(C)n(-c2ccc(Cl)c(C(=O)OCc3ccc(Br)cc3)n2)n1. The summed E-state index contributed by atoms with van der Waals surface area (Å²) >= 11 is 9.49. The zero-order valence-electron chi connectivity index (χ0n) is 13.7. The van der Waals surface area contributed by atoms with E-state index in [1.807, 2.05) is 44.2 Å². The van der Waals surface area contributed by atoms with Crippen molar-refractivity contribution in [1.29, 1.82) is 0 Å². The average molecular weight is 421 g/mol. The molecule has 25 heavy (non-hydrogen) atoms. The van der Waals surface area contributed by atoms with Crippen molar-refractivity contribution in [2.75, 3.05) is 0 Å². The van der Waals surface area contributed by atoms with Crippen molar-refractivity contribution in [3.05, 3.63) is 74.6 Å². The first-order valence-electron chi connectivity index (χ1n) is 7.56. The van der Waals surface area contributed by atoms with Gasteiger partial charge in [0.2, 0.25) is 0 Å². The lowest BCUT2D eigenvalue weighted by atomic mass is 10.2. The Morgan fingerprint density at radius 2 is 1.92 bits per heavy atom. The molecule has 2 heterocycles. The van der Waals surface area contributed by atoms with Gasteiger partial charge in [0.25, 0.3) is 0 Å². The van der Waals surface area contributed by atoms with Crippen LogP contribution >= 0.6 is 27.5 Å². The topological polar surface area (TPSA) is 57.0 Å². The van der Waals surface area contributed by atoms with E-state index in [0.29, 0.717) is 5.82 Å². The third-order valence-corrected chi connectivity index (χ3v) is 4.37. The van der Waals surface area contributed by atoms with Gasteiger partial charge in [-0.25, -0.2) is 14.5 Å². The first-order chi connectivity index (χ1) is 11.9. The van der Waals surface area contributed by atoms with E-state index in [0.717, 1.165) is 21.4 Å². The van der Waals surface area contributed by atoms with Crippen LogP contribution in [0.3, 0.4) is 0 Å².